The highest BCUT2D eigenvalue weighted by molar-refractivity contribution is 5.62. The van der Waals surface area contributed by atoms with Crippen LogP contribution in [0.2, 0.25) is 0 Å². The Morgan fingerprint density at radius 1 is 1.08 bits per heavy atom. The number of rotatable bonds is 5. The molecule has 1 fully saturated rings. The summed E-state index contributed by atoms with van der Waals surface area (Å²) in [5, 5.41) is 11.4. The summed E-state index contributed by atoms with van der Waals surface area (Å²) < 4.78 is 1.82. The van der Waals surface area contributed by atoms with E-state index in [0.29, 0.717) is 6.04 Å². The van der Waals surface area contributed by atoms with Crippen LogP contribution in [0, 0.1) is 13.8 Å². The van der Waals surface area contributed by atoms with E-state index in [1.807, 2.05) is 35.9 Å². The van der Waals surface area contributed by atoms with E-state index in [0.717, 1.165) is 28.8 Å². The second-order valence-corrected chi connectivity index (χ2v) is 6.20. The first-order valence-electron chi connectivity index (χ1n) is 8.17. The number of hydrogen-bond acceptors (Lipinski definition) is 5. The molecule has 6 nitrogen and oxygen atoms in total. The molecule has 0 spiro atoms. The molecular formula is C18H20N6. The molecule has 0 aliphatic heterocycles. The molecule has 0 radical (unpaired) electrons. The second kappa shape index (κ2) is 5.96. The second-order valence-electron chi connectivity index (χ2n) is 6.20. The summed E-state index contributed by atoms with van der Waals surface area (Å²) in [6, 6.07) is 12.7. The highest BCUT2D eigenvalue weighted by Gasteiger charge is 2.21. The highest BCUT2D eigenvalue weighted by atomic mass is 15.4. The Bertz CT molecular complexity index is 865. The van der Waals surface area contributed by atoms with E-state index in [4.69, 9.17) is 0 Å². The molecule has 2 aromatic heterocycles. The zero-order valence-electron chi connectivity index (χ0n) is 13.8. The fraction of sp³-hybridized carbons (Fsp3) is 0.278. The number of benzene rings is 1. The van der Waals surface area contributed by atoms with Gasteiger partial charge in [0.15, 0.2) is 5.82 Å². The van der Waals surface area contributed by atoms with Gasteiger partial charge in [-0.1, -0.05) is 18.2 Å². The van der Waals surface area contributed by atoms with Gasteiger partial charge in [-0.15, -0.1) is 0 Å². The van der Waals surface area contributed by atoms with Gasteiger partial charge in [-0.3, -0.25) is 0 Å². The summed E-state index contributed by atoms with van der Waals surface area (Å²) in [4.78, 5) is 8.68. The lowest BCUT2D eigenvalue weighted by Crippen LogP contribution is -2.08. The lowest BCUT2D eigenvalue weighted by atomic mass is 10.2. The van der Waals surface area contributed by atoms with Crippen molar-refractivity contribution >= 4 is 17.3 Å². The quantitative estimate of drug-likeness (QED) is 0.752. The summed E-state index contributed by atoms with van der Waals surface area (Å²) >= 11 is 0. The fourth-order valence-electron chi connectivity index (χ4n) is 2.59. The van der Waals surface area contributed by atoms with E-state index < -0.39 is 0 Å². The Morgan fingerprint density at radius 3 is 2.71 bits per heavy atom. The number of aromatic nitrogens is 4. The van der Waals surface area contributed by atoms with Crippen molar-refractivity contribution in [1.29, 1.82) is 0 Å². The molecule has 3 aromatic rings. The Labute approximate surface area is 141 Å². The van der Waals surface area contributed by atoms with Gasteiger partial charge in [0.1, 0.15) is 18.0 Å². The predicted molar refractivity (Wildman–Crippen MR) is 95.0 cm³/mol. The molecule has 0 unspecified atom stereocenters. The van der Waals surface area contributed by atoms with Crippen molar-refractivity contribution in [3.8, 4) is 5.82 Å². The topological polar surface area (TPSA) is 67.7 Å². The van der Waals surface area contributed by atoms with Crippen molar-refractivity contribution in [2.75, 3.05) is 10.6 Å². The number of para-hydroxylation sites is 1. The molecule has 1 aliphatic rings. The lowest BCUT2D eigenvalue weighted by Gasteiger charge is -2.12. The monoisotopic (exact) mass is 320 g/mol. The third-order valence-corrected chi connectivity index (χ3v) is 4.04. The molecule has 24 heavy (non-hydrogen) atoms. The Balaban J connectivity index is 1.67. The minimum atomic E-state index is 0.552. The van der Waals surface area contributed by atoms with Crippen LogP contribution >= 0.6 is 0 Å². The molecule has 1 aromatic carbocycles. The normalized spacial score (nSPS) is 13.8. The van der Waals surface area contributed by atoms with E-state index in [2.05, 4.69) is 44.8 Å². The van der Waals surface area contributed by atoms with Gasteiger partial charge in [0.2, 0.25) is 0 Å². The SMILES string of the molecule is Cc1cc(Nc2ccccc2C)n(-c2cc(NC3CC3)ncn2)n1. The zero-order valence-corrected chi connectivity index (χ0v) is 13.8. The first-order chi connectivity index (χ1) is 11.7. The molecule has 6 heteroatoms. The van der Waals surface area contributed by atoms with Crippen molar-refractivity contribution in [3.05, 3.63) is 54.0 Å². The van der Waals surface area contributed by atoms with E-state index in [-0.39, 0.29) is 0 Å². The van der Waals surface area contributed by atoms with Crippen molar-refractivity contribution in [2.45, 2.75) is 32.7 Å². The van der Waals surface area contributed by atoms with Crippen LogP contribution in [0.5, 0.6) is 0 Å². The molecule has 1 saturated carbocycles. The van der Waals surface area contributed by atoms with E-state index in [1.165, 1.54) is 18.4 Å². The van der Waals surface area contributed by atoms with Crippen LogP contribution in [0.3, 0.4) is 0 Å². The summed E-state index contributed by atoms with van der Waals surface area (Å²) in [5.74, 6) is 2.48. The summed E-state index contributed by atoms with van der Waals surface area (Å²) in [5.41, 5.74) is 3.17. The van der Waals surface area contributed by atoms with Gasteiger partial charge in [-0.05, 0) is 38.3 Å². The minimum absolute atomic E-state index is 0.552. The van der Waals surface area contributed by atoms with E-state index in [1.54, 1.807) is 6.33 Å². The number of aryl methyl sites for hydroxylation is 2. The highest BCUT2D eigenvalue weighted by Crippen LogP contribution is 2.26. The van der Waals surface area contributed by atoms with Crippen LogP contribution in [0.15, 0.2) is 42.7 Å². The first kappa shape index (κ1) is 14.7. The van der Waals surface area contributed by atoms with Gasteiger partial charge >= 0.3 is 0 Å². The van der Waals surface area contributed by atoms with E-state index >= 15 is 0 Å². The van der Waals surface area contributed by atoms with Crippen molar-refractivity contribution in [1.82, 2.24) is 19.7 Å². The van der Waals surface area contributed by atoms with Crippen LogP contribution in [-0.4, -0.2) is 25.8 Å². The number of anilines is 3. The third-order valence-electron chi connectivity index (χ3n) is 4.04. The summed E-state index contributed by atoms with van der Waals surface area (Å²) in [7, 11) is 0. The molecule has 0 saturated heterocycles. The van der Waals surface area contributed by atoms with Gasteiger partial charge in [0, 0.05) is 23.9 Å². The average Bonchev–Trinajstić information content (AvgIpc) is 3.31. The maximum atomic E-state index is 4.58. The standard InChI is InChI=1S/C18H20N6/c1-12-5-3-4-6-15(12)22-18-9-13(2)23-24(18)17-10-16(19-11-20-17)21-14-7-8-14/h3-6,9-11,14,22H,7-8H2,1-2H3,(H,19,20,21). The first-order valence-corrected chi connectivity index (χ1v) is 8.17. The van der Waals surface area contributed by atoms with Crippen molar-refractivity contribution in [3.63, 3.8) is 0 Å². The summed E-state index contributed by atoms with van der Waals surface area (Å²) in [6.07, 6.45) is 4.00. The molecule has 1 aliphatic carbocycles. The molecule has 2 N–H and O–H groups in total. The largest absolute Gasteiger partial charge is 0.367 e. The maximum absolute atomic E-state index is 4.58. The van der Waals surface area contributed by atoms with Crippen LogP contribution in [0.25, 0.3) is 5.82 Å². The van der Waals surface area contributed by atoms with Gasteiger partial charge < -0.3 is 10.6 Å². The van der Waals surface area contributed by atoms with Gasteiger partial charge in [-0.25, -0.2) is 9.97 Å². The molecule has 4 rings (SSSR count). The van der Waals surface area contributed by atoms with Gasteiger partial charge in [-0.2, -0.15) is 9.78 Å². The Kier molecular flexibility index (Phi) is 3.65. The lowest BCUT2D eigenvalue weighted by molar-refractivity contribution is 0.832. The maximum Gasteiger partial charge on any atom is 0.161 e. The number of nitrogens with zero attached hydrogens (tertiary/aromatic N) is 4. The predicted octanol–water partition coefficient (Wildman–Crippen LogP) is 3.60. The minimum Gasteiger partial charge on any atom is -0.367 e. The fourth-order valence-corrected chi connectivity index (χ4v) is 2.59. The van der Waals surface area contributed by atoms with Gasteiger partial charge in [0.05, 0.1) is 5.69 Å². The molecule has 0 amide bonds. The average molecular weight is 320 g/mol. The third kappa shape index (κ3) is 3.08. The van der Waals surface area contributed by atoms with E-state index in [9.17, 15) is 0 Å². The van der Waals surface area contributed by atoms with Crippen molar-refractivity contribution < 1.29 is 0 Å². The van der Waals surface area contributed by atoms with Crippen LogP contribution < -0.4 is 10.6 Å². The smallest absolute Gasteiger partial charge is 0.161 e. The zero-order chi connectivity index (χ0) is 16.5. The van der Waals surface area contributed by atoms with Crippen LogP contribution in [0.1, 0.15) is 24.1 Å². The summed E-state index contributed by atoms with van der Waals surface area (Å²) in [6.45, 7) is 4.06. The van der Waals surface area contributed by atoms with Gasteiger partial charge in [0.25, 0.3) is 0 Å². The number of nitrogens with one attached hydrogen (secondary N) is 2. The molecule has 2 heterocycles. The Hall–Kier alpha value is -2.89. The molecule has 122 valence electrons. The van der Waals surface area contributed by atoms with Crippen LogP contribution in [0.4, 0.5) is 17.3 Å². The van der Waals surface area contributed by atoms with Crippen LogP contribution in [-0.2, 0) is 0 Å². The molecule has 0 bridgehead atoms. The Morgan fingerprint density at radius 2 is 1.92 bits per heavy atom. The molecular weight excluding hydrogens is 300 g/mol. The van der Waals surface area contributed by atoms with Crippen molar-refractivity contribution in [2.24, 2.45) is 0 Å². The number of hydrogen-bond donors (Lipinski definition) is 2. The molecule has 0 atom stereocenters.